The monoisotopic (exact) mass is 388 g/mol. The Morgan fingerprint density at radius 1 is 1.55 bits per heavy atom. The largest absolute Gasteiger partial charge is 0.462 e. The van der Waals surface area contributed by atoms with Crippen molar-refractivity contribution in [1.29, 1.82) is 0 Å². The van der Waals surface area contributed by atoms with Gasteiger partial charge in [-0.3, -0.25) is 4.90 Å². The lowest BCUT2D eigenvalue weighted by atomic mass is 10.1. The molecule has 20 heavy (non-hydrogen) atoms. The van der Waals surface area contributed by atoms with Crippen LogP contribution in [0.1, 0.15) is 29.8 Å². The van der Waals surface area contributed by atoms with Crippen LogP contribution < -0.4 is 5.32 Å². The minimum atomic E-state index is -0.229. The standard InChI is InChI=1S/C15H21IN2O2/c1-3-20-15(19)13-6-4-5-12(14(13)16)10-18-8-7-17-11(2)9-18/h4-6,11,17H,3,7-10H2,1-2H3. The topological polar surface area (TPSA) is 41.6 Å². The number of nitrogens with zero attached hydrogens (tertiary/aromatic N) is 1. The van der Waals surface area contributed by atoms with Gasteiger partial charge in [-0.2, -0.15) is 0 Å². The van der Waals surface area contributed by atoms with Gasteiger partial charge in [-0.1, -0.05) is 12.1 Å². The second kappa shape index (κ2) is 7.38. The smallest absolute Gasteiger partial charge is 0.339 e. The Labute approximate surface area is 134 Å². The van der Waals surface area contributed by atoms with Crippen LogP contribution >= 0.6 is 22.6 Å². The first kappa shape index (κ1) is 15.7. The van der Waals surface area contributed by atoms with Gasteiger partial charge in [-0.15, -0.1) is 0 Å². The Kier molecular flexibility index (Phi) is 5.80. The van der Waals surface area contributed by atoms with E-state index in [1.54, 1.807) is 0 Å². The number of nitrogens with one attached hydrogen (secondary N) is 1. The maximum absolute atomic E-state index is 11.9. The Balaban J connectivity index is 2.12. The number of carbonyl (C=O) groups is 1. The van der Waals surface area contributed by atoms with Crippen LogP contribution in [0.2, 0.25) is 0 Å². The number of esters is 1. The van der Waals surface area contributed by atoms with Crippen molar-refractivity contribution in [3.05, 3.63) is 32.9 Å². The molecule has 0 saturated carbocycles. The van der Waals surface area contributed by atoms with Gasteiger partial charge < -0.3 is 10.1 Å². The molecule has 1 heterocycles. The Morgan fingerprint density at radius 3 is 3.05 bits per heavy atom. The summed E-state index contributed by atoms with van der Waals surface area (Å²) in [6.07, 6.45) is 0. The van der Waals surface area contributed by atoms with Crippen molar-refractivity contribution >= 4 is 28.6 Å². The zero-order chi connectivity index (χ0) is 14.5. The quantitative estimate of drug-likeness (QED) is 0.635. The summed E-state index contributed by atoms with van der Waals surface area (Å²) in [5.74, 6) is -0.229. The maximum Gasteiger partial charge on any atom is 0.339 e. The van der Waals surface area contributed by atoms with E-state index in [4.69, 9.17) is 4.74 Å². The van der Waals surface area contributed by atoms with E-state index in [0.717, 1.165) is 29.7 Å². The Hall–Kier alpha value is -0.660. The Morgan fingerprint density at radius 2 is 2.35 bits per heavy atom. The van der Waals surface area contributed by atoms with Crippen LogP contribution in [0.25, 0.3) is 0 Å². The van der Waals surface area contributed by atoms with E-state index >= 15 is 0 Å². The molecule has 1 aliphatic heterocycles. The SMILES string of the molecule is CCOC(=O)c1cccc(CN2CCNC(C)C2)c1I. The molecule has 0 radical (unpaired) electrons. The van der Waals surface area contributed by atoms with Gasteiger partial charge in [0.05, 0.1) is 12.2 Å². The molecule has 0 aliphatic carbocycles. The van der Waals surface area contributed by atoms with Crippen molar-refractivity contribution in [3.63, 3.8) is 0 Å². The molecule has 0 bridgehead atoms. The van der Waals surface area contributed by atoms with Crippen LogP contribution in [0.4, 0.5) is 0 Å². The molecule has 1 fully saturated rings. The van der Waals surface area contributed by atoms with Crippen molar-refractivity contribution < 1.29 is 9.53 Å². The van der Waals surface area contributed by atoms with Gasteiger partial charge in [0, 0.05) is 35.8 Å². The Bertz CT molecular complexity index is 479. The summed E-state index contributed by atoms with van der Waals surface area (Å²) >= 11 is 2.25. The predicted octanol–water partition coefficient (Wildman–Crippen LogP) is 2.26. The molecule has 1 saturated heterocycles. The number of piperazine rings is 1. The average Bonchev–Trinajstić information content (AvgIpc) is 2.41. The number of hydrogen-bond donors (Lipinski definition) is 1. The zero-order valence-electron chi connectivity index (χ0n) is 12.0. The third-order valence-corrected chi connectivity index (χ3v) is 4.69. The van der Waals surface area contributed by atoms with Crippen LogP contribution in [0.3, 0.4) is 0 Å². The molecule has 1 aliphatic rings. The van der Waals surface area contributed by atoms with Crippen LogP contribution in [-0.2, 0) is 11.3 Å². The highest BCUT2D eigenvalue weighted by Gasteiger charge is 2.19. The normalized spacial score (nSPS) is 19.9. The van der Waals surface area contributed by atoms with Crippen molar-refractivity contribution in [2.45, 2.75) is 26.4 Å². The van der Waals surface area contributed by atoms with Gasteiger partial charge in [0.2, 0.25) is 0 Å². The summed E-state index contributed by atoms with van der Waals surface area (Å²) in [6, 6.07) is 6.39. The van der Waals surface area contributed by atoms with Crippen LogP contribution in [-0.4, -0.2) is 43.2 Å². The molecule has 1 N–H and O–H groups in total. The fourth-order valence-corrected chi connectivity index (χ4v) is 3.22. The number of ether oxygens (including phenoxy) is 1. The summed E-state index contributed by atoms with van der Waals surface area (Å²) in [4.78, 5) is 14.3. The molecule has 1 atom stereocenters. The number of hydrogen-bond acceptors (Lipinski definition) is 4. The van der Waals surface area contributed by atoms with Gasteiger partial charge in [0.1, 0.15) is 0 Å². The second-order valence-corrected chi connectivity index (χ2v) is 6.17. The molecule has 2 rings (SSSR count). The predicted molar refractivity (Wildman–Crippen MR) is 87.9 cm³/mol. The van der Waals surface area contributed by atoms with E-state index in [1.807, 2.05) is 19.1 Å². The molecule has 1 aromatic carbocycles. The maximum atomic E-state index is 11.9. The minimum Gasteiger partial charge on any atom is -0.462 e. The summed E-state index contributed by atoms with van der Waals surface area (Å²) in [7, 11) is 0. The molecule has 110 valence electrons. The van der Waals surface area contributed by atoms with E-state index in [9.17, 15) is 4.79 Å². The first-order valence-electron chi connectivity index (χ1n) is 7.02. The first-order chi connectivity index (χ1) is 9.61. The first-order valence-corrected chi connectivity index (χ1v) is 8.10. The fraction of sp³-hybridized carbons (Fsp3) is 0.533. The van der Waals surface area contributed by atoms with Crippen molar-refractivity contribution in [3.8, 4) is 0 Å². The number of carbonyl (C=O) groups excluding carboxylic acids is 1. The highest BCUT2D eigenvalue weighted by molar-refractivity contribution is 14.1. The lowest BCUT2D eigenvalue weighted by molar-refractivity contribution is 0.0524. The molecule has 4 nitrogen and oxygen atoms in total. The zero-order valence-corrected chi connectivity index (χ0v) is 14.1. The van der Waals surface area contributed by atoms with Crippen LogP contribution in [0.15, 0.2) is 18.2 Å². The van der Waals surface area contributed by atoms with Crippen LogP contribution in [0.5, 0.6) is 0 Å². The molecule has 0 spiro atoms. The highest BCUT2D eigenvalue weighted by Crippen LogP contribution is 2.20. The lowest BCUT2D eigenvalue weighted by Gasteiger charge is -2.32. The molecule has 5 heteroatoms. The highest BCUT2D eigenvalue weighted by atomic mass is 127. The van der Waals surface area contributed by atoms with E-state index in [-0.39, 0.29) is 5.97 Å². The van der Waals surface area contributed by atoms with E-state index in [2.05, 4.69) is 45.8 Å². The third kappa shape index (κ3) is 3.93. The average molecular weight is 388 g/mol. The van der Waals surface area contributed by atoms with E-state index < -0.39 is 0 Å². The molecule has 1 aromatic rings. The second-order valence-electron chi connectivity index (χ2n) is 5.09. The van der Waals surface area contributed by atoms with Gasteiger partial charge in [-0.25, -0.2) is 4.79 Å². The molecule has 1 unspecified atom stereocenters. The van der Waals surface area contributed by atoms with Gasteiger partial charge in [0.25, 0.3) is 0 Å². The van der Waals surface area contributed by atoms with Gasteiger partial charge in [-0.05, 0) is 48.1 Å². The summed E-state index contributed by atoms with van der Waals surface area (Å²) in [5, 5.41) is 3.44. The molecule has 0 aromatic heterocycles. The minimum absolute atomic E-state index is 0.229. The van der Waals surface area contributed by atoms with E-state index in [1.165, 1.54) is 5.56 Å². The summed E-state index contributed by atoms with van der Waals surface area (Å²) in [6.45, 7) is 8.44. The van der Waals surface area contributed by atoms with Gasteiger partial charge in [0.15, 0.2) is 0 Å². The summed E-state index contributed by atoms with van der Waals surface area (Å²) in [5.41, 5.74) is 1.87. The fourth-order valence-electron chi connectivity index (χ4n) is 2.47. The number of rotatable bonds is 4. The van der Waals surface area contributed by atoms with Crippen molar-refractivity contribution in [2.75, 3.05) is 26.2 Å². The van der Waals surface area contributed by atoms with Crippen molar-refractivity contribution in [1.82, 2.24) is 10.2 Å². The van der Waals surface area contributed by atoms with Gasteiger partial charge >= 0.3 is 5.97 Å². The molecular formula is C15H21IN2O2. The summed E-state index contributed by atoms with van der Waals surface area (Å²) < 4.78 is 6.11. The molecule has 0 amide bonds. The third-order valence-electron chi connectivity index (χ3n) is 3.42. The number of halogens is 1. The number of benzene rings is 1. The van der Waals surface area contributed by atoms with Crippen LogP contribution in [0, 0.1) is 3.57 Å². The van der Waals surface area contributed by atoms with Crippen molar-refractivity contribution in [2.24, 2.45) is 0 Å². The lowest BCUT2D eigenvalue weighted by Crippen LogP contribution is -2.48. The van der Waals surface area contributed by atoms with E-state index in [0.29, 0.717) is 18.2 Å². The molecular weight excluding hydrogens is 367 g/mol.